The first-order chi connectivity index (χ1) is 4.42. The van der Waals surface area contributed by atoms with Crippen molar-refractivity contribution in [1.82, 2.24) is 0 Å². The molecule has 0 saturated heterocycles. The Labute approximate surface area is 74.2 Å². The molecule has 1 unspecified atom stereocenters. The second-order valence-corrected chi connectivity index (χ2v) is 8.19. The molecule has 0 aliphatic carbocycles. The van der Waals surface area contributed by atoms with Crippen LogP contribution in [-0.4, -0.2) is 28.7 Å². The number of rotatable bonds is 4. The summed E-state index contributed by atoms with van der Waals surface area (Å²) in [5.41, 5.74) is 0. The van der Waals surface area contributed by atoms with Crippen molar-refractivity contribution in [3.8, 4) is 0 Å². The second kappa shape index (κ2) is 4.62. The fourth-order valence-electron chi connectivity index (χ4n) is 0.355. The van der Waals surface area contributed by atoms with Gasteiger partial charge in [0, 0.05) is 0 Å². The lowest BCUT2D eigenvalue weighted by Gasteiger charge is -1.92. The van der Waals surface area contributed by atoms with Gasteiger partial charge in [-0.2, -0.15) is 0 Å². The zero-order valence-corrected chi connectivity index (χ0v) is 8.78. The molecule has 0 radical (unpaired) electrons. The Balaban J connectivity index is 3.49. The average molecular weight is 298 g/mol. The van der Waals surface area contributed by atoms with Gasteiger partial charge in [0.2, 0.25) is 7.01 Å². The summed E-state index contributed by atoms with van der Waals surface area (Å²) >= 11 is -0.553. The minimum absolute atomic E-state index is 0.0279. The van der Waals surface area contributed by atoms with Crippen LogP contribution in [0.1, 0.15) is 6.42 Å². The van der Waals surface area contributed by atoms with Gasteiger partial charge in [0.15, 0.2) is 11.1 Å². The number of hydrogen-bond donors (Lipinski definition) is 1. The first-order valence-corrected chi connectivity index (χ1v) is 7.89. The highest BCUT2D eigenvalue weighted by Crippen LogP contribution is 2.02. The van der Waals surface area contributed by atoms with Crippen LogP contribution in [0.25, 0.3) is 0 Å². The standard InChI is InChI=1S/C3H7IO4S2/c4-10(7,8)3-1-2-9(5)6/h1-3H2,(H,5,6). The maximum atomic E-state index is 10.4. The van der Waals surface area contributed by atoms with Gasteiger partial charge in [-0.3, -0.25) is 0 Å². The van der Waals surface area contributed by atoms with E-state index in [2.05, 4.69) is 0 Å². The first-order valence-electron chi connectivity index (χ1n) is 2.41. The molecule has 0 spiro atoms. The van der Waals surface area contributed by atoms with Crippen molar-refractivity contribution >= 4 is 39.3 Å². The summed E-state index contributed by atoms with van der Waals surface area (Å²) in [7, 11) is -3.00. The van der Waals surface area contributed by atoms with E-state index in [0.717, 1.165) is 0 Å². The van der Waals surface area contributed by atoms with E-state index in [1.807, 2.05) is 0 Å². The summed E-state index contributed by atoms with van der Waals surface area (Å²) < 4.78 is 39.1. The van der Waals surface area contributed by atoms with Gasteiger partial charge in [-0.25, -0.2) is 12.6 Å². The third kappa shape index (κ3) is 8.79. The van der Waals surface area contributed by atoms with Crippen LogP contribution in [0, 0.1) is 0 Å². The Hall–Kier alpha value is 0.790. The van der Waals surface area contributed by atoms with E-state index < -0.39 is 18.1 Å². The molecular weight excluding hydrogens is 291 g/mol. The lowest BCUT2D eigenvalue weighted by Crippen LogP contribution is -2.02. The van der Waals surface area contributed by atoms with Crippen LogP contribution in [0.3, 0.4) is 0 Å². The Morgan fingerprint density at radius 2 is 2.00 bits per heavy atom. The minimum Gasteiger partial charge on any atom is -0.306 e. The fraction of sp³-hybridized carbons (Fsp3) is 1.00. The monoisotopic (exact) mass is 298 g/mol. The molecule has 0 aromatic rings. The van der Waals surface area contributed by atoms with Gasteiger partial charge in [0.05, 0.1) is 32.7 Å². The Morgan fingerprint density at radius 1 is 1.50 bits per heavy atom. The molecule has 0 bridgehead atoms. The summed E-state index contributed by atoms with van der Waals surface area (Å²) in [6.45, 7) is 0. The maximum Gasteiger partial charge on any atom is 0.203 e. The quantitative estimate of drug-likeness (QED) is 0.462. The van der Waals surface area contributed by atoms with Crippen molar-refractivity contribution in [3.63, 3.8) is 0 Å². The highest BCUT2D eigenvalue weighted by atomic mass is 127. The Morgan fingerprint density at radius 3 is 2.30 bits per heavy atom. The van der Waals surface area contributed by atoms with Crippen molar-refractivity contribution in [2.75, 3.05) is 11.5 Å². The van der Waals surface area contributed by atoms with Gasteiger partial charge in [-0.15, -0.1) is 0 Å². The molecule has 1 atom stereocenters. The summed E-state index contributed by atoms with van der Waals surface area (Å²) in [6.07, 6.45) is 0.244. The average Bonchev–Trinajstić information content (AvgIpc) is 1.59. The van der Waals surface area contributed by atoms with Crippen LogP contribution < -0.4 is 0 Å². The molecule has 0 aromatic carbocycles. The predicted molar refractivity (Wildman–Crippen MR) is 48.1 cm³/mol. The van der Waals surface area contributed by atoms with E-state index in [1.165, 1.54) is 21.2 Å². The molecule has 0 aliphatic heterocycles. The smallest absolute Gasteiger partial charge is 0.203 e. The SMILES string of the molecule is O=S(O)CCCS(=O)(=O)I. The van der Waals surface area contributed by atoms with Crippen LogP contribution >= 0.6 is 21.2 Å². The van der Waals surface area contributed by atoms with Crippen molar-refractivity contribution in [2.45, 2.75) is 6.42 Å². The zero-order valence-electron chi connectivity index (χ0n) is 4.99. The van der Waals surface area contributed by atoms with E-state index in [1.54, 1.807) is 0 Å². The molecule has 0 aliphatic rings. The van der Waals surface area contributed by atoms with Gasteiger partial charge < -0.3 is 4.55 Å². The number of halogens is 1. The summed E-state index contributed by atoms with van der Waals surface area (Å²) in [6, 6.07) is 0. The van der Waals surface area contributed by atoms with Crippen LogP contribution in [0.5, 0.6) is 0 Å². The molecular formula is C3H7IO4S2. The Kier molecular flexibility index (Phi) is 4.99. The second-order valence-electron chi connectivity index (χ2n) is 1.62. The minimum atomic E-state index is -3.00. The highest BCUT2D eigenvalue weighted by molar-refractivity contribution is 14.2. The zero-order chi connectivity index (χ0) is 8.20. The molecule has 7 heteroatoms. The van der Waals surface area contributed by atoms with Gasteiger partial charge in [-0.05, 0) is 6.42 Å². The Bertz CT molecular complexity index is 209. The van der Waals surface area contributed by atoms with Crippen LogP contribution in [0.2, 0.25) is 0 Å². The topological polar surface area (TPSA) is 71.4 Å². The third-order valence-corrected chi connectivity index (χ3v) is 3.44. The molecule has 4 nitrogen and oxygen atoms in total. The van der Waals surface area contributed by atoms with Crippen LogP contribution in [0.15, 0.2) is 0 Å². The van der Waals surface area contributed by atoms with Gasteiger partial charge in [-0.1, -0.05) is 0 Å². The highest BCUT2D eigenvalue weighted by Gasteiger charge is 2.04. The predicted octanol–water partition coefficient (Wildman–Crippen LogP) is 0.363. The molecule has 62 valence electrons. The van der Waals surface area contributed by atoms with Crippen LogP contribution in [0.4, 0.5) is 0 Å². The largest absolute Gasteiger partial charge is 0.306 e. The van der Waals surface area contributed by atoms with Crippen molar-refractivity contribution < 1.29 is 17.2 Å². The normalized spacial score (nSPS) is 15.0. The first kappa shape index (κ1) is 10.8. The molecule has 0 amide bonds. The molecule has 0 heterocycles. The van der Waals surface area contributed by atoms with E-state index in [0.29, 0.717) is 0 Å². The molecule has 1 N–H and O–H groups in total. The fourth-order valence-corrected chi connectivity index (χ4v) is 2.35. The number of hydrogen-bond acceptors (Lipinski definition) is 3. The van der Waals surface area contributed by atoms with Crippen LogP contribution in [-0.2, 0) is 18.1 Å². The summed E-state index contributed by atoms with van der Waals surface area (Å²) in [5, 5.41) is 0. The van der Waals surface area contributed by atoms with E-state index in [-0.39, 0.29) is 17.9 Å². The van der Waals surface area contributed by atoms with E-state index in [9.17, 15) is 12.6 Å². The van der Waals surface area contributed by atoms with Crippen molar-refractivity contribution in [3.05, 3.63) is 0 Å². The lowest BCUT2D eigenvalue weighted by molar-refractivity contribution is 0.563. The van der Waals surface area contributed by atoms with Crippen molar-refractivity contribution in [2.24, 2.45) is 0 Å². The maximum absolute atomic E-state index is 10.4. The molecule has 0 rings (SSSR count). The molecule has 0 saturated carbocycles. The molecule has 10 heavy (non-hydrogen) atoms. The van der Waals surface area contributed by atoms with Crippen molar-refractivity contribution in [1.29, 1.82) is 0 Å². The van der Waals surface area contributed by atoms with Gasteiger partial charge in [0.1, 0.15) is 0 Å². The summed E-state index contributed by atoms with van der Waals surface area (Å²) in [5.74, 6) is 0.00207. The van der Waals surface area contributed by atoms with Gasteiger partial charge in [0.25, 0.3) is 0 Å². The van der Waals surface area contributed by atoms with E-state index >= 15 is 0 Å². The molecule has 0 aromatic heterocycles. The van der Waals surface area contributed by atoms with E-state index in [4.69, 9.17) is 4.55 Å². The molecule has 0 fully saturated rings. The summed E-state index contributed by atoms with van der Waals surface area (Å²) in [4.78, 5) is 0. The van der Waals surface area contributed by atoms with Gasteiger partial charge >= 0.3 is 0 Å². The lowest BCUT2D eigenvalue weighted by atomic mass is 10.6. The third-order valence-electron chi connectivity index (χ3n) is 0.707.